The number of rotatable bonds is 9. The second-order valence-corrected chi connectivity index (χ2v) is 6.61. The van der Waals surface area contributed by atoms with Crippen LogP contribution in [0.5, 0.6) is 5.75 Å². The van der Waals surface area contributed by atoms with Gasteiger partial charge in [0.15, 0.2) is 6.61 Å². The summed E-state index contributed by atoms with van der Waals surface area (Å²) in [5.41, 5.74) is 4.45. The fraction of sp³-hybridized carbons (Fsp3) is 0.364. The van der Waals surface area contributed by atoms with Gasteiger partial charge in [-0.1, -0.05) is 47.5 Å². The summed E-state index contributed by atoms with van der Waals surface area (Å²) in [5.74, 6) is 0.156. The van der Waals surface area contributed by atoms with E-state index in [-0.39, 0.29) is 19.1 Å². The zero-order valence-corrected chi connectivity index (χ0v) is 16.2. The lowest BCUT2D eigenvalue weighted by molar-refractivity contribution is -0.146. The minimum Gasteiger partial charge on any atom is -0.482 e. The topological polar surface area (TPSA) is 64.6 Å². The molecule has 0 aliphatic carbocycles. The third-order valence-electron chi connectivity index (χ3n) is 4.12. The highest BCUT2D eigenvalue weighted by atomic mass is 16.6. The van der Waals surface area contributed by atoms with E-state index in [9.17, 15) is 9.59 Å². The standard InChI is InChI=1S/C22H27NO4/c1-16-4-7-19(8-5-16)9-11-21(24)23-12-13-26-22(25)15-27-20-10-6-17(2)14-18(20)3/h4-8,10,14H,9,11-13,15H2,1-3H3,(H,23,24). The van der Waals surface area contributed by atoms with Crippen LogP contribution in [-0.2, 0) is 20.7 Å². The van der Waals surface area contributed by atoms with Gasteiger partial charge in [-0.3, -0.25) is 4.79 Å². The molecule has 2 aromatic carbocycles. The predicted octanol–water partition coefficient (Wildman–Crippen LogP) is 3.28. The van der Waals surface area contributed by atoms with Crippen molar-refractivity contribution in [3.8, 4) is 5.75 Å². The zero-order chi connectivity index (χ0) is 19.6. The number of aryl methyl sites for hydroxylation is 4. The fourth-order valence-corrected chi connectivity index (χ4v) is 2.60. The monoisotopic (exact) mass is 369 g/mol. The van der Waals surface area contributed by atoms with Crippen molar-refractivity contribution in [3.63, 3.8) is 0 Å². The van der Waals surface area contributed by atoms with Gasteiger partial charge in [-0.25, -0.2) is 4.79 Å². The molecule has 2 aromatic rings. The predicted molar refractivity (Wildman–Crippen MR) is 105 cm³/mol. The van der Waals surface area contributed by atoms with Crippen LogP contribution in [0.15, 0.2) is 42.5 Å². The Hall–Kier alpha value is -2.82. The van der Waals surface area contributed by atoms with Gasteiger partial charge in [0.05, 0.1) is 6.54 Å². The molecule has 0 saturated heterocycles. The first-order valence-corrected chi connectivity index (χ1v) is 9.12. The molecule has 0 heterocycles. The average Bonchev–Trinajstić information content (AvgIpc) is 2.64. The smallest absolute Gasteiger partial charge is 0.344 e. The molecule has 0 spiro atoms. The number of esters is 1. The second-order valence-electron chi connectivity index (χ2n) is 6.61. The molecule has 0 unspecified atom stereocenters. The Morgan fingerprint density at radius 1 is 0.963 bits per heavy atom. The molecule has 27 heavy (non-hydrogen) atoms. The first kappa shape index (κ1) is 20.5. The molecule has 0 radical (unpaired) electrons. The molecule has 0 aliphatic heterocycles. The minimum absolute atomic E-state index is 0.0573. The van der Waals surface area contributed by atoms with Crippen molar-refractivity contribution in [2.24, 2.45) is 0 Å². The van der Waals surface area contributed by atoms with Gasteiger partial charge < -0.3 is 14.8 Å². The first-order valence-electron chi connectivity index (χ1n) is 9.12. The molecule has 5 nitrogen and oxygen atoms in total. The lowest BCUT2D eigenvalue weighted by Gasteiger charge is -2.10. The number of benzene rings is 2. The Balaban J connectivity index is 1.58. The summed E-state index contributed by atoms with van der Waals surface area (Å²) < 4.78 is 10.5. The highest BCUT2D eigenvalue weighted by Gasteiger charge is 2.07. The van der Waals surface area contributed by atoms with Crippen molar-refractivity contribution >= 4 is 11.9 Å². The third-order valence-corrected chi connectivity index (χ3v) is 4.12. The number of amides is 1. The van der Waals surface area contributed by atoms with Crippen LogP contribution in [0.1, 0.15) is 28.7 Å². The zero-order valence-electron chi connectivity index (χ0n) is 16.2. The van der Waals surface area contributed by atoms with Crippen LogP contribution < -0.4 is 10.1 Å². The van der Waals surface area contributed by atoms with E-state index < -0.39 is 5.97 Å². The number of nitrogens with one attached hydrogen (secondary N) is 1. The molecule has 0 atom stereocenters. The van der Waals surface area contributed by atoms with Crippen LogP contribution >= 0.6 is 0 Å². The quantitative estimate of drug-likeness (QED) is 0.544. The molecule has 5 heteroatoms. The number of hydrogen-bond donors (Lipinski definition) is 1. The summed E-state index contributed by atoms with van der Waals surface area (Å²) in [6, 6.07) is 13.9. The number of carbonyl (C=O) groups excluding carboxylic acids is 2. The summed E-state index contributed by atoms with van der Waals surface area (Å²) >= 11 is 0. The van der Waals surface area contributed by atoms with Crippen LogP contribution in [0.3, 0.4) is 0 Å². The molecule has 1 amide bonds. The molecule has 0 bridgehead atoms. The third kappa shape index (κ3) is 7.52. The van der Waals surface area contributed by atoms with Gasteiger partial charge in [0.25, 0.3) is 0 Å². The van der Waals surface area contributed by atoms with Gasteiger partial charge in [0.2, 0.25) is 5.91 Å². The van der Waals surface area contributed by atoms with Crippen LogP contribution in [0.2, 0.25) is 0 Å². The lowest BCUT2D eigenvalue weighted by atomic mass is 10.1. The average molecular weight is 369 g/mol. The highest BCUT2D eigenvalue weighted by Crippen LogP contribution is 2.18. The maximum Gasteiger partial charge on any atom is 0.344 e. The molecule has 0 aromatic heterocycles. The van der Waals surface area contributed by atoms with Crippen LogP contribution in [0, 0.1) is 20.8 Å². The molecule has 144 valence electrons. The van der Waals surface area contributed by atoms with E-state index in [0.717, 1.165) is 16.7 Å². The van der Waals surface area contributed by atoms with Crippen LogP contribution in [0.25, 0.3) is 0 Å². The number of hydrogen-bond acceptors (Lipinski definition) is 4. The molecule has 1 N–H and O–H groups in total. The summed E-state index contributed by atoms with van der Waals surface area (Å²) in [6.07, 6.45) is 1.10. The Morgan fingerprint density at radius 3 is 2.37 bits per heavy atom. The first-order chi connectivity index (χ1) is 12.9. The van der Waals surface area contributed by atoms with Gasteiger partial charge >= 0.3 is 5.97 Å². The van der Waals surface area contributed by atoms with E-state index >= 15 is 0 Å². The van der Waals surface area contributed by atoms with Gasteiger partial charge in [0, 0.05) is 6.42 Å². The van der Waals surface area contributed by atoms with Crippen molar-refractivity contribution in [2.45, 2.75) is 33.6 Å². The second kappa shape index (κ2) is 10.4. The van der Waals surface area contributed by atoms with Gasteiger partial charge in [-0.05, 0) is 44.4 Å². The van der Waals surface area contributed by atoms with Crippen molar-refractivity contribution in [3.05, 3.63) is 64.7 Å². The molecule has 0 aliphatic rings. The number of ether oxygens (including phenoxy) is 2. The minimum atomic E-state index is -0.455. The van der Waals surface area contributed by atoms with Crippen molar-refractivity contribution < 1.29 is 19.1 Å². The summed E-state index contributed by atoms with van der Waals surface area (Å²) in [4.78, 5) is 23.5. The van der Waals surface area contributed by atoms with E-state index in [1.54, 1.807) is 0 Å². The lowest BCUT2D eigenvalue weighted by Crippen LogP contribution is -2.29. The Labute approximate surface area is 160 Å². The van der Waals surface area contributed by atoms with Gasteiger partial charge in [0.1, 0.15) is 12.4 Å². The van der Waals surface area contributed by atoms with E-state index in [1.807, 2.05) is 63.2 Å². The molecule has 0 fully saturated rings. The van der Waals surface area contributed by atoms with E-state index in [4.69, 9.17) is 9.47 Å². The van der Waals surface area contributed by atoms with Gasteiger partial charge in [-0.15, -0.1) is 0 Å². The summed E-state index contributed by atoms with van der Waals surface area (Å²) in [5, 5.41) is 2.75. The van der Waals surface area contributed by atoms with Crippen LogP contribution in [-0.4, -0.2) is 31.6 Å². The summed E-state index contributed by atoms with van der Waals surface area (Å²) in [6.45, 7) is 6.24. The van der Waals surface area contributed by atoms with Crippen molar-refractivity contribution in [1.29, 1.82) is 0 Å². The molecule has 0 saturated carbocycles. The maximum atomic E-state index is 11.8. The normalized spacial score (nSPS) is 10.3. The van der Waals surface area contributed by atoms with E-state index in [2.05, 4.69) is 5.32 Å². The molecular weight excluding hydrogens is 342 g/mol. The van der Waals surface area contributed by atoms with Gasteiger partial charge in [-0.2, -0.15) is 0 Å². The van der Waals surface area contributed by atoms with Crippen molar-refractivity contribution in [1.82, 2.24) is 5.32 Å². The summed E-state index contributed by atoms with van der Waals surface area (Å²) in [7, 11) is 0. The maximum absolute atomic E-state index is 11.8. The largest absolute Gasteiger partial charge is 0.482 e. The van der Waals surface area contributed by atoms with Crippen molar-refractivity contribution in [2.75, 3.05) is 19.8 Å². The number of carbonyl (C=O) groups is 2. The van der Waals surface area contributed by atoms with Crippen LogP contribution in [0.4, 0.5) is 0 Å². The van der Waals surface area contributed by atoms with E-state index in [1.165, 1.54) is 5.56 Å². The Bertz CT molecular complexity index is 768. The molecule has 2 rings (SSSR count). The van der Waals surface area contributed by atoms with E-state index in [0.29, 0.717) is 25.1 Å². The fourth-order valence-electron chi connectivity index (χ4n) is 2.60. The highest BCUT2D eigenvalue weighted by molar-refractivity contribution is 5.76. The Kier molecular flexibility index (Phi) is 7.86. The molecular formula is C22H27NO4. The SMILES string of the molecule is Cc1ccc(CCC(=O)NCCOC(=O)COc2ccc(C)cc2C)cc1. The Morgan fingerprint density at radius 2 is 1.67 bits per heavy atom.